The summed E-state index contributed by atoms with van der Waals surface area (Å²) < 4.78 is 10.1. The lowest BCUT2D eigenvalue weighted by atomic mass is 10.2. The van der Waals surface area contributed by atoms with Crippen molar-refractivity contribution in [1.82, 2.24) is 4.90 Å². The van der Waals surface area contributed by atoms with Crippen LogP contribution in [0.5, 0.6) is 0 Å². The molecule has 0 aromatic heterocycles. The molecule has 0 saturated heterocycles. The Bertz CT molecular complexity index is 377. The molecule has 0 spiro atoms. The smallest absolute Gasteiger partial charge is 0.410 e. The molecule has 0 heterocycles. The van der Waals surface area contributed by atoms with Crippen LogP contribution in [0.4, 0.5) is 4.79 Å². The van der Waals surface area contributed by atoms with Crippen LogP contribution in [-0.2, 0) is 14.3 Å². The van der Waals surface area contributed by atoms with Crippen molar-refractivity contribution in [3.05, 3.63) is 12.2 Å². The van der Waals surface area contributed by atoms with Gasteiger partial charge in [0.1, 0.15) is 5.60 Å². The Hall–Kier alpha value is -1.52. The van der Waals surface area contributed by atoms with Gasteiger partial charge >= 0.3 is 12.1 Å². The molecule has 19 heavy (non-hydrogen) atoms. The zero-order valence-corrected chi connectivity index (χ0v) is 12.4. The predicted octanol–water partition coefficient (Wildman–Crippen LogP) is 2.51. The monoisotopic (exact) mass is 269 g/mol. The van der Waals surface area contributed by atoms with E-state index in [0.29, 0.717) is 6.61 Å². The summed E-state index contributed by atoms with van der Waals surface area (Å²) in [6.45, 7) is 7.58. The van der Waals surface area contributed by atoms with E-state index in [0.717, 1.165) is 12.8 Å². The highest BCUT2D eigenvalue weighted by Crippen LogP contribution is 2.42. The SMILES string of the molecule is CCOC(=O)/C=C/C1(N(C)C(=O)OC(C)(C)C)CC1. The van der Waals surface area contributed by atoms with Gasteiger partial charge in [-0.05, 0) is 40.5 Å². The molecule has 1 amide bonds. The minimum absolute atomic E-state index is 0.345. The maximum atomic E-state index is 12.0. The minimum atomic E-state index is -0.522. The van der Waals surface area contributed by atoms with Gasteiger partial charge in [-0.1, -0.05) is 6.08 Å². The van der Waals surface area contributed by atoms with Crippen molar-refractivity contribution in [3.8, 4) is 0 Å². The number of rotatable bonds is 4. The van der Waals surface area contributed by atoms with Gasteiger partial charge in [-0.3, -0.25) is 0 Å². The largest absolute Gasteiger partial charge is 0.463 e. The highest BCUT2D eigenvalue weighted by Gasteiger charge is 2.47. The molecule has 5 nitrogen and oxygen atoms in total. The van der Waals surface area contributed by atoms with E-state index < -0.39 is 11.1 Å². The first-order valence-electron chi connectivity index (χ1n) is 6.53. The second kappa shape index (κ2) is 5.63. The summed E-state index contributed by atoms with van der Waals surface area (Å²) in [4.78, 5) is 24.8. The molecule has 1 fully saturated rings. The zero-order chi connectivity index (χ0) is 14.7. The summed E-state index contributed by atoms with van der Waals surface area (Å²) >= 11 is 0. The molecule has 0 radical (unpaired) electrons. The minimum Gasteiger partial charge on any atom is -0.463 e. The number of ether oxygens (including phenoxy) is 2. The Morgan fingerprint density at radius 2 is 1.89 bits per heavy atom. The molecule has 0 atom stereocenters. The summed E-state index contributed by atoms with van der Waals surface area (Å²) in [5.74, 6) is -0.383. The van der Waals surface area contributed by atoms with Crippen molar-refractivity contribution in [3.63, 3.8) is 0 Å². The van der Waals surface area contributed by atoms with E-state index in [1.165, 1.54) is 6.08 Å². The molecule has 0 aliphatic heterocycles. The third-order valence-electron chi connectivity index (χ3n) is 2.91. The van der Waals surface area contributed by atoms with Crippen LogP contribution < -0.4 is 0 Å². The Labute approximate surface area is 114 Å². The third kappa shape index (κ3) is 4.58. The molecule has 1 aliphatic rings. The molecule has 0 aromatic rings. The fourth-order valence-corrected chi connectivity index (χ4v) is 1.67. The van der Waals surface area contributed by atoms with Crippen LogP contribution >= 0.6 is 0 Å². The summed E-state index contributed by atoms with van der Waals surface area (Å²) in [6, 6.07) is 0. The van der Waals surface area contributed by atoms with E-state index in [2.05, 4.69) is 0 Å². The van der Waals surface area contributed by atoms with Crippen LogP contribution in [0.25, 0.3) is 0 Å². The van der Waals surface area contributed by atoms with Gasteiger partial charge in [-0.15, -0.1) is 0 Å². The maximum Gasteiger partial charge on any atom is 0.410 e. The number of carbonyl (C=O) groups excluding carboxylic acids is 2. The Balaban J connectivity index is 2.63. The molecule has 0 bridgehead atoms. The summed E-state index contributed by atoms with van der Waals surface area (Å²) in [5.41, 5.74) is -0.915. The number of esters is 1. The number of nitrogens with zero attached hydrogens (tertiary/aromatic N) is 1. The first-order chi connectivity index (χ1) is 8.70. The second-order valence-corrected chi connectivity index (χ2v) is 5.73. The highest BCUT2D eigenvalue weighted by molar-refractivity contribution is 5.82. The van der Waals surface area contributed by atoms with Crippen molar-refractivity contribution >= 4 is 12.1 Å². The van der Waals surface area contributed by atoms with Crippen LogP contribution in [0.3, 0.4) is 0 Å². The number of hydrogen-bond acceptors (Lipinski definition) is 4. The lowest BCUT2D eigenvalue weighted by Gasteiger charge is -2.29. The van der Waals surface area contributed by atoms with Crippen LogP contribution in [0.1, 0.15) is 40.5 Å². The molecule has 0 unspecified atom stereocenters. The molecular formula is C14H23NO4. The lowest BCUT2D eigenvalue weighted by molar-refractivity contribution is -0.137. The van der Waals surface area contributed by atoms with Gasteiger partial charge in [0.05, 0.1) is 12.1 Å². The summed E-state index contributed by atoms with van der Waals surface area (Å²) in [5, 5.41) is 0. The van der Waals surface area contributed by atoms with Gasteiger partial charge in [-0.2, -0.15) is 0 Å². The van der Waals surface area contributed by atoms with Crippen molar-refractivity contribution in [2.75, 3.05) is 13.7 Å². The zero-order valence-electron chi connectivity index (χ0n) is 12.4. The van der Waals surface area contributed by atoms with Gasteiger partial charge in [-0.25, -0.2) is 9.59 Å². The first kappa shape index (κ1) is 15.5. The summed E-state index contributed by atoms with van der Waals surface area (Å²) in [6.07, 6.45) is 4.40. The summed E-state index contributed by atoms with van der Waals surface area (Å²) in [7, 11) is 1.69. The molecule has 0 aromatic carbocycles. The van der Waals surface area contributed by atoms with Gasteiger partial charge in [0.2, 0.25) is 0 Å². The van der Waals surface area contributed by atoms with Gasteiger partial charge in [0.15, 0.2) is 0 Å². The van der Waals surface area contributed by atoms with E-state index in [4.69, 9.17) is 9.47 Å². The Morgan fingerprint density at radius 1 is 1.32 bits per heavy atom. The van der Waals surface area contributed by atoms with Crippen molar-refractivity contribution in [2.45, 2.75) is 51.7 Å². The molecule has 1 aliphatic carbocycles. The van der Waals surface area contributed by atoms with Gasteiger partial charge < -0.3 is 14.4 Å². The number of carbonyl (C=O) groups is 2. The van der Waals surface area contributed by atoms with Crippen LogP contribution in [-0.4, -0.2) is 41.8 Å². The number of likely N-dealkylation sites (N-methyl/N-ethyl adjacent to an activating group) is 1. The fourth-order valence-electron chi connectivity index (χ4n) is 1.67. The standard InChI is InChI=1S/C14H23NO4/c1-6-18-11(16)7-8-14(9-10-14)15(5)12(17)19-13(2,3)4/h7-8H,6,9-10H2,1-5H3/b8-7+. The Kier molecular flexibility index (Phi) is 4.61. The van der Waals surface area contributed by atoms with Crippen molar-refractivity contribution in [2.24, 2.45) is 0 Å². The third-order valence-corrected chi connectivity index (χ3v) is 2.91. The number of hydrogen-bond donors (Lipinski definition) is 0. The van der Waals surface area contributed by atoms with Gasteiger partial charge in [0.25, 0.3) is 0 Å². The lowest BCUT2D eigenvalue weighted by Crippen LogP contribution is -2.41. The number of amides is 1. The van der Waals surface area contributed by atoms with Crippen molar-refractivity contribution in [1.29, 1.82) is 0 Å². The Morgan fingerprint density at radius 3 is 2.32 bits per heavy atom. The van der Waals surface area contributed by atoms with E-state index in [1.54, 1.807) is 24.9 Å². The molecule has 5 heteroatoms. The quantitative estimate of drug-likeness (QED) is 0.581. The van der Waals surface area contributed by atoms with Crippen molar-refractivity contribution < 1.29 is 19.1 Å². The van der Waals surface area contributed by atoms with E-state index in [1.807, 2.05) is 20.8 Å². The van der Waals surface area contributed by atoms with Crippen LogP contribution in [0.2, 0.25) is 0 Å². The van der Waals surface area contributed by atoms with E-state index in [9.17, 15) is 9.59 Å². The maximum absolute atomic E-state index is 12.0. The first-order valence-corrected chi connectivity index (χ1v) is 6.53. The average molecular weight is 269 g/mol. The van der Waals surface area contributed by atoms with Gasteiger partial charge in [0, 0.05) is 13.1 Å². The highest BCUT2D eigenvalue weighted by atomic mass is 16.6. The van der Waals surface area contributed by atoms with E-state index >= 15 is 0 Å². The molecule has 1 saturated carbocycles. The second-order valence-electron chi connectivity index (χ2n) is 5.73. The molecule has 108 valence electrons. The van der Waals surface area contributed by atoms with E-state index in [-0.39, 0.29) is 12.1 Å². The predicted molar refractivity (Wildman–Crippen MR) is 71.7 cm³/mol. The normalized spacial score (nSPS) is 17.1. The topological polar surface area (TPSA) is 55.8 Å². The average Bonchev–Trinajstić information content (AvgIpc) is 3.04. The fraction of sp³-hybridized carbons (Fsp3) is 0.714. The molecular weight excluding hydrogens is 246 g/mol. The molecule has 1 rings (SSSR count). The molecule has 0 N–H and O–H groups in total. The van der Waals surface area contributed by atoms with Crippen LogP contribution in [0, 0.1) is 0 Å². The van der Waals surface area contributed by atoms with Crippen LogP contribution in [0.15, 0.2) is 12.2 Å².